The summed E-state index contributed by atoms with van der Waals surface area (Å²) in [6.45, 7) is 8.13. The zero-order chi connectivity index (χ0) is 18.0. The molecule has 1 aromatic heterocycles. The lowest BCUT2D eigenvalue weighted by molar-refractivity contribution is 0.0176. The second-order valence-corrected chi connectivity index (χ2v) is 9.12. The molecule has 1 atom stereocenters. The molecule has 0 radical (unpaired) electrons. The van der Waals surface area contributed by atoms with E-state index in [1.165, 1.54) is 6.20 Å². The molecule has 0 aliphatic carbocycles. The first kappa shape index (κ1) is 18.6. The highest BCUT2D eigenvalue weighted by atomic mass is 32.2. The second-order valence-electron chi connectivity index (χ2n) is 7.20. The van der Waals surface area contributed by atoms with Gasteiger partial charge in [0.1, 0.15) is 5.60 Å². The maximum absolute atomic E-state index is 12.5. The van der Waals surface area contributed by atoms with Crippen LogP contribution in [-0.4, -0.2) is 53.8 Å². The number of rotatable bonds is 3. The number of aromatic nitrogens is 2. The van der Waals surface area contributed by atoms with Crippen molar-refractivity contribution >= 4 is 15.9 Å². The lowest BCUT2D eigenvalue weighted by atomic mass is 10.0. The van der Waals surface area contributed by atoms with Gasteiger partial charge < -0.3 is 9.64 Å². The van der Waals surface area contributed by atoms with E-state index < -0.39 is 21.5 Å². The SMILES string of the molecule is Cc1ccnc(S(=O)(=O)C[C@H]2CCCN(C(=O)OC(C)(C)C)C2)n1. The first-order chi connectivity index (χ1) is 11.1. The van der Waals surface area contributed by atoms with Crippen molar-refractivity contribution in [3.63, 3.8) is 0 Å². The number of carbonyl (C=O) groups excluding carboxylic acids is 1. The van der Waals surface area contributed by atoms with E-state index in [9.17, 15) is 13.2 Å². The van der Waals surface area contributed by atoms with E-state index in [2.05, 4.69) is 9.97 Å². The van der Waals surface area contributed by atoms with Gasteiger partial charge in [0.05, 0.1) is 5.75 Å². The number of ether oxygens (including phenoxy) is 1. The lowest BCUT2D eigenvalue weighted by Gasteiger charge is -2.33. The Morgan fingerprint density at radius 1 is 1.42 bits per heavy atom. The van der Waals surface area contributed by atoms with Gasteiger partial charge in [-0.05, 0) is 52.5 Å². The molecule has 1 fully saturated rings. The number of hydrogen-bond donors (Lipinski definition) is 0. The Hall–Kier alpha value is -1.70. The maximum Gasteiger partial charge on any atom is 0.410 e. The van der Waals surface area contributed by atoms with E-state index in [1.807, 2.05) is 20.8 Å². The minimum absolute atomic E-state index is 0.0598. The Balaban J connectivity index is 2.03. The highest BCUT2D eigenvalue weighted by molar-refractivity contribution is 7.91. The quantitative estimate of drug-likeness (QED) is 0.772. The van der Waals surface area contributed by atoms with Crippen LogP contribution in [0, 0.1) is 12.8 Å². The number of nitrogens with zero attached hydrogens (tertiary/aromatic N) is 3. The van der Waals surface area contributed by atoms with Crippen molar-refractivity contribution in [2.45, 2.75) is 51.3 Å². The number of piperidine rings is 1. The number of sulfone groups is 1. The standard InChI is InChI=1S/C16H25N3O4S/c1-12-7-8-17-14(18-12)24(21,22)11-13-6-5-9-19(10-13)15(20)23-16(2,3)4/h7-8,13H,5-6,9-11H2,1-4H3/t13-/m0/s1. The Morgan fingerprint density at radius 2 is 2.12 bits per heavy atom. The molecule has 0 saturated carbocycles. The molecule has 2 heterocycles. The summed E-state index contributed by atoms with van der Waals surface area (Å²) in [6.07, 6.45) is 2.57. The summed E-state index contributed by atoms with van der Waals surface area (Å²) in [5.74, 6) is -0.198. The van der Waals surface area contributed by atoms with E-state index in [1.54, 1.807) is 17.9 Å². The Labute approximate surface area is 143 Å². The van der Waals surface area contributed by atoms with Crippen LogP contribution >= 0.6 is 0 Å². The zero-order valence-corrected chi connectivity index (χ0v) is 15.5. The largest absolute Gasteiger partial charge is 0.444 e. The summed E-state index contributed by atoms with van der Waals surface area (Å²) >= 11 is 0. The molecule has 0 N–H and O–H groups in total. The minimum atomic E-state index is -3.57. The van der Waals surface area contributed by atoms with Crippen molar-refractivity contribution in [1.82, 2.24) is 14.9 Å². The summed E-state index contributed by atoms with van der Waals surface area (Å²) in [6, 6.07) is 1.66. The van der Waals surface area contributed by atoms with Gasteiger partial charge in [-0.25, -0.2) is 23.2 Å². The smallest absolute Gasteiger partial charge is 0.410 e. The molecule has 0 unspecified atom stereocenters. The van der Waals surface area contributed by atoms with Crippen molar-refractivity contribution in [2.24, 2.45) is 5.92 Å². The topological polar surface area (TPSA) is 89.5 Å². The normalized spacial score (nSPS) is 19.2. The molecular formula is C16H25N3O4S. The van der Waals surface area contributed by atoms with Gasteiger partial charge in [0, 0.05) is 25.0 Å². The van der Waals surface area contributed by atoms with Crippen molar-refractivity contribution < 1.29 is 17.9 Å². The van der Waals surface area contributed by atoms with Crippen LogP contribution in [0.15, 0.2) is 17.4 Å². The molecular weight excluding hydrogens is 330 g/mol. The number of carbonyl (C=O) groups is 1. The maximum atomic E-state index is 12.5. The van der Waals surface area contributed by atoms with Crippen molar-refractivity contribution in [3.8, 4) is 0 Å². The molecule has 134 valence electrons. The highest BCUT2D eigenvalue weighted by Crippen LogP contribution is 2.22. The van der Waals surface area contributed by atoms with Gasteiger partial charge in [0.25, 0.3) is 0 Å². The zero-order valence-electron chi connectivity index (χ0n) is 14.7. The van der Waals surface area contributed by atoms with Gasteiger partial charge in [-0.3, -0.25) is 0 Å². The molecule has 1 aliphatic heterocycles. The molecule has 1 saturated heterocycles. The summed E-state index contributed by atoms with van der Waals surface area (Å²) < 4.78 is 30.4. The first-order valence-electron chi connectivity index (χ1n) is 8.07. The molecule has 1 aromatic rings. The number of amides is 1. The fraction of sp³-hybridized carbons (Fsp3) is 0.688. The summed E-state index contributed by atoms with van der Waals surface area (Å²) in [5, 5.41) is -0.142. The number of aryl methyl sites for hydroxylation is 1. The predicted octanol–water partition coefficient (Wildman–Crippen LogP) is 2.21. The molecule has 8 heteroatoms. The minimum Gasteiger partial charge on any atom is -0.444 e. The monoisotopic (exact) mass is 355 g/mol. The van der Waals surface area contributed by atoms with Crippen LogP contribution in [0.3, 0.4) is 0 Å². The fourth-order valence-electron chi connectivity index (χ4n) is 2.65. The Morgan fingerprint density at radius 3 is 2.75 bits per heavy atom. The third-order valence-corrected chi connectivity index (χ3v) is 5.34. The molecule has 1 amide bonds. The molecule has 7 nitrogen and oxygen atoms in total. The van der Waals surface area contributed by atoms with E-state index in [-0.39, 0.29) is 16.8 Å². The van der Waals surface area contributed by atoms with E-state index in [4.69, 9.17) is 4.74 Å². The lowest BCUT2D eigenvalue weighted by Crippen LogP contribution is -2.44. The first-order valence-corrected chi connectivity index (χ1v) is 9.72. The van der Waals surface area contributed by atoms with Gasteiger partial charge in [0.2, 0.25) is 15.0 Å². The van der Waals surface area contributed by atoms with Gasteiger partial charge in [-0.1, -0.05) is 0 Å². The summed E-state index contributed by atoms with van der Waals surface area (Å²) in [7, 11) is -3.57. The van der Waals surface area contributed by atoms with Crippen LogP contribution < -0.4 is 0 Å². The van der Waals surface area contributed by atoms with Gasteiger partial charge in [-0.2, -0.15) is 0 Å². The third-order valence-electron chi connectivity index (χ3n) is 3.68. The number of likely N-dealkylation sites (tertiary alicyclic amines) is 1. The molecule has 2 rings (SSSR count). The molecule has 0 aromatic carbocycles. The highest BCUT2D eigenvalue weighted by Gasteiger charge is 2.31. The van der Waals surface area contributed by atoms with Crippen LogP contribution in [0.25, 0.3) is 0 Å². The van der Waals surface area contributed by atoms with Crippen molar-refractivity contribution in [2.75, 3.05) is 18.8 Å². The Bertz CT molecular complexity index is 698. The van der Waals surface area contributed by atoms with Crippen LogP contribution in [0.2, 0.25) is 0 Å². The summed E-state index contributed by atoms with van der Waals surface area (Å²) in [5.41, 5.74) is 0.0495. The molecule has 0 spiro atoms. The second kappa shape index (κ2) is 7.04. The number of hydrogen-bond acceptors (Lipinski definition) is 6. The van der Waals surface area contributed by atoms with Crippen LogP contribution in [0.1, 0.15) is 39.3 Å². The predicted molar refractivity (Wildman–Crippen MR) is 89.4 cm³/mol. The van der Waals surface area contributed by atoms with Crippen LogP contribution in [-0.2, 0) is 14.6 Å². The Kier molecular flexibility index (Phi) is 5.47. The van der Waals surface area contributed by atoms with Crippen LogP contribution in [0.4, 0.5) is 4.79 Å². The van der Waals surface area contributed by atoms with Gasteiger partial charge in [0.15, 0.2) is 0 Å². The fourth-order valence-corrected chi connectivity index (χ4v) is 4.20. The molecule has 0 bridgehead atoms. The van der Waals surface area contributed by atoms with Gasteiger partial charge in [-0.15, -0.1) is 0 Å². The van der Waals surface area contributed by atoms with E-state index in [0.29, 0.717) is 18.8 Å². The van der Waals surface area contributed by atoms with Crippen molar-refractivity contribution in [1.29, 1.82) is 0 Å². The third kappa shape index (κ3) is 5.15. The van der Waals surface area contributed by atoms with Gasteiger partial charge >= 0.3 is 6.09 Å². The molecule has 1 aliphatic rings. The average molecular weight is 355 g/mol. The van der Waals surface area contributed by atoms with Crippen molar-refractivity contribution in [3.05, 3.63) is 18.0 Å². The van der Waals surface area contributed by atoms with E-state index in [0.717, 1.165) is 12.8 Å². The van der Waals surface area contributed by atoms with E-state index >= 15 is 0 Å². The average Bonchev–Trinajstić information content (AvgIpc) is 2.45. The van der Waals surface area contributed by atoms with Crippen LogP contribution in [0.5, 0.6) is 0 Å². The summed E-state index contributed by atoms with van der Waals surface area (Å²) in [4.78, 5) is 21.6. The molecule has 24 heavy (non-hydrogen) atoms.